The van der Waals surface area contributed by atoms with E-state index in [4.69, 9.17) is 12.2 Å². The van der Waals surface area contributed by atoms with Gasteiger partial charge in [0.2, 0.25) is 10.0 Å². The van der Waals surface area contributed by atoms with Crippen LogP contribution < -0.4 is 0 Å². The van der Waals surface area contributed by atoms with Gasteiger partial charge in [0.05, 0.1) is 11.6 Å². The van der Waals surface area contributed by atoms with Gasteiger partial charge in [-0.2, -0.15) is 0 Å². The Bertz CT molecular complexity index is 916. The lowest BCUT2D eigenvalue weighted by Crippen LogP contribution is -2.36. The summed E-state index contributed by atoms with van der Waals surface area (Å²) in [7, 11) is -0.372. The summed E-state index contributed by atoms with van der Waals surface area (Å²) in [5.41, 5.74) is 1.40. The van der Waals surface area contributed by atoms with Crippen LogP contribution in [0.1, 0.15) is 18.4 Å². The summed E-state index contributed by atoms with van der Waals surface area (Å²) in [6, 6.07) is 13.9. The predicted octanol–water partition coefficient (Wildman–Crippen LogP) is 3.38. The fourth-order valence-corrected chi connectivity index (χ4v) is 4.58. The summed E-state index contributed by atoms with van der Waals surface area (Å²) in [4.78, 5) is 2.63. The molecule has 146 valence electrons. The molecule has 5 nitrogen and oxygen atoms in total. The Kier molecular flexibility index (Phi) is 6.47. The van der Waals surface area contributed by atoms with Gasteiger partial charge in [-0.25, -0.2) is 12.7 Å². The highest BCUT2D eigenvalue weighted by Gasteiger charge is 2.21. The third-order valence-electron chi connectivity index (χ3n) is 5.16. The summed E-state index contributed by atoms with van der Waals surface area (Å²) in [5, 5.41) is 0. The molecule has 27 heavy (non-hydrogen) atoms. The van der Waals surface area contributed by atoms with Crippen LogP contribution in [-0.4, -0.2) is 49.4 Å². The molecule has 7 heteroatoms. The highest BCUT2D eigenvalue weighted by Crippen LogP contribution is 2.22. The summed E-state index contributed by atoms with van der Waals surface area (Å²) in [6.07, 6.45) is 5.09. The first-order valence-corrected chi connectivity index (χ1v) is 11.1. The van der Waals surface area contributed by atoms with Crippen molar-refractivity contribution in [2.24, 2.45) is 5.92 Å². The summed E-state index contributed by atoms with van der Waals surface area (Å²) in [6.45, 7) is 2.64. The molecule has 0 radical (unpaired) electrons. The van der Waals surface area contributed by atoms with Gasteiger partial charge < -0.3 is 4.57 Å². The third-order valence-corrected chi connectivity index (χ3v) is 7.33. The molecule has 0 atom stereocenters. The minimum atomic E-state index is -3.45. The lowest BCUT2D eigenvalue weighted by molar-refractivity contribution is 0.146. The number of nitrogens with zero attached hydrogens (tertiary/aromatic N) is 3. The Labute approximate surface area is 167 Å². The number of likely N-dealkylation sites (tertiary alicyclic amines) is 1. The second kappa shape index (κ2) is 8.65. The molecule has 0 unspecified atom stereocenters. The third kappa shape index (κ3) is 5.04. The second-order valence-electron chi connectivity index (χ2n) is 7.35. The molecule has 1 saturated heterocycles. The van der Waals surface area contributed by atoms with Crippen LogP contribution in [0.3, 0.4) is 0 Å². The van der Waals surface area contributed by atoms with E-state index in [2.05, 4.69) is 35.2 Å². The van der Waals surface area contributed by atoms with E-state index >= 15 is 0 Å². The molecule has 2 heterocycles. The number of sulfonamides is 1. The molecule has 0 aliphatic carbocycles. The van der Waals surface area contributed by atoms with Gasteiger partial charge in [0.1, 0.15) is 4.64 Å². The van der Waals surface area contributed by atoms with Gasteiger partial charge >= 0.3 is 0 Å². The predicted molar refractivity (Wildman–Crippen MR) is 111 cm³/mol. The quantitative estimate of drug-likeness (QED) is 0.691. The number of hydrogen-bond donors (Lipinski definition) is 0. The average Bonchev–Trinajstić information content (AvgIpc) is 2.65. The van der Waals surface area contributed by atoms with Crippen molar-refractivity contribution >= 4 is 22.2 Å². The largest absolute Gasteiger partial charge is 0.324 e. The Balaban J connectivity index is 1.63. The molecular formula is C20H27N3O2S2. The monoisotopic (exact) mass is 405 g/mol. The van der Waals surface area contributed by atoms with Crippen molar-refractivity contribution in [1.82, 2.24) is 13.8 Å². The highest BCUT2D eigenvalue weighted by atomic mass is 32.2. The molecule has 0 bridgehead atoms. The molecule has 1 fully saturated rings. The van der Waals surface area contributed by atoms with Gasteiger partial charge in [-0.1, -0.05) is 42.5 Å². The second-order valence-corrected chi connectivity index (χ2v) is 9.92. The Morgan fingerprint density at radius 1 is 1.07 bits per heavy atom. The van der Waals surface area contributed by atoms with Crippen LogP contribution in [0, 0.1) is 10.6 Å². The van der Waals surface area contributed by atoms with Gasteiger partial charge in [-0.05, 0) is 42.9 Å². The lowest BCUT2D eigenvalue weighted by Gasteiger charge is -2.32. The summed E-state index contributed by atoms with van der Waals surface area (Å²) >= 11 is 5.41. The van der Waals surface area contributed by atoms with Gasteiger partial charge in [-0.15, -0.1) is 0 Å². The number of hydrogen-bond acceptors (Lipinski definition) is 4. The van der Waals surface area contributed by atoms with Crippen LogP contribution in [0.5, 0.6) is 0 Å². The van der Waals surface area contributed by atoms with Gasteiger partial charge in [0.25, 0.3) is 0 Å². The zero-order valence-corrected chi connectivity index (χ0v) is 17.5. The topological polar surface area (TPSA) is 45.6 Å². The standard InChI is InChI=1S/C20H27N3O2S2/c1-21(2)27(24,25)19-8-9-20(26)23(15-19)16-22-12-10-18(11-13-22)14-17-6-4-3-5-7-17/h3-9,15,18H,10-14,16H2,1-2H3. The highest BCUT2D eigenvalue weighted by molar-refractivity contribution is 7.89. The minimum absolute atomic E-state index is 0.278. The summed E-state index contributed by atoms with van der Waals surface area (Å²) < 4.78 is 28.5. The van der Waals surface area contributed by atoms with Crippen molar-refractivity contribution in [3.63, 3.8) is 0 Å². The zero-order valence-electron chi connectivity index (χ0n) is 15.9. The van der Waals surface area contributed by atoms with E-state index in [1.54, 1.807) is 32.4 Å². The Morgan fingerprint density at radius 2 is 1.74 bits per heavy atom. The van der Waals surface area contributed by atoms with Crippen LogP contribution in [0.15, 0.2) is 53.6 Å². The fraction of sp³-hybridized carbons (Fsp3) is 0.450. The molecule has 0 saturated carbocycles. The van der Waals surface area contributed by atoms with Gasteiger partial charge in [0, 0.05) is 33.4 Å². The maximum absolute atomic E-state index is 12.4. The van der Waals surface area contributed by atoms with Gasteiger partial charge in [0.15, 0.2) is 0 Å². The molecule has 0 N–H and O–H groups in total. The van der Waals surface area contributed by atoms with Crippen molar-refractivity contribution in [1.29, 1.82) is 0 Å². The molecule has 0 spiro atoms. The van der Waals surface area contributed by atoms with E-state index in [9.17, 15) is 8.42 Å². The van der Waals surface area contributed by atoms with Crippen LogP contribution in [0.2, 0.25) is 0 Å². The zero-order chi connectivity index (χ0) is 19.4. The fourth-order valence-electron chi connectivity index (χ4n) is 3.48. The van der Waals surface area contributed by atoms with E-state index in [0.29, 0.717) is 17.2 Å². The molecule has 1 aromatic heterocycles. The molecular weight excluding hydrogens is 378 g/mol. The van der Waals surface area contributed by atoms with Gasteiger partial charge in [-0.3, -0.25) is 4.90 Å². The van der Waals surface area contributed by atoms with Crippen molar-refractivity contribution in [2.45, 2.75) is 30.8 Å². The van der Waals surface area contributed by atoms with Crippen LogP contribution in [0.4, 0.5) is 0 Å². The maximum Gasteiger partial charge on any atom is 0.244 e. The van der Waals surface area contributed by atoms with E-state index < -0.39 is 10.0 Å². The molecule has 1 aliphatic heterocycles. The van der Waals surface area contributed by atoms with Crippen molar-refractivity contribution < 1.29 is 8.42 Å². The van der Waals surface area contributed by atoms with E-state index in [1.165, 1.54) is 9.87 Å². The SMILES string of the molecule is CN(C)S(=O)(=O)c1ccc(=S)n(CN2CCC(Cc3ccccc3)CC2)c1. The molecule has 2 aromatic rings. The Hall–Kier alpha value is -1.54. The number of pyridine rings is 1. The summed E-state index contributed by atoms with van der Waals surface area (Å²) in [5.74, 6) is 0.706. The minimum Gasteiger partial charge on any atom is -0.324 e. The smallest absolute Gasteiger partial charge is 0.244 e. The van der Waals surface area contributed by atoms with Crippen molar-refractivity contribution in [3.8, 4) is 0 Å². The van der Waals surface area contributed by atoms with Crippen LogP contribution in [0.25, 0.3) is 0 Å². The Morgan fingerprint density at radius 3 is 2.37 bits per heavy atom. The molecule has 1 aromatic carbocycles. The van der Waals surface area contributed by atoms with Crippen molar-refractivity contribution in [2.75, 3.05) is 27.2 Å². The van der Waals surface area contributed by atoms with E-state index in [-0.39, 0.29) is 4.90 Å². The molecule has 0 amide bonds. The first-order valence-electron chi connectivity index (χ1n) is 9.25. The first-order chi connectivity index (χ1) is 12.9. The maximum atomic E-state index is 12.4. The van der Waals surface area contributed by atoms with Crippen LogP contribution in [-0.2, 0) is 23.1 Å². The average molecular weight is 406 g/mol. The molecule has 1 aliphatic rings. The number of aromatic nitrogens is 1. The molecule has 3 rings (SSSR count). The lowest BCUT2D eigenvalue weighted by atomic mass is 9.90. The number of rotatable bonds is 6. The van der Waals surface area contributed by atoms with E-state index in [0.717, 1.165) is 32.4 Å². The first kappa shape index (κ1) is 20.2. The normalized spacial score (nSPS) is 16.7. The van der Waals surface area contributed by atoms with Crippen LogP contribution >= 0.6 is 12.2 Å². The number of piperidine rings is 1. The number of benzene rings is 1. The van der Waals surface area contributed by atoms with Crippen molar-refractivity contribution in [3.05, 3.63) is 58.9 Å². The van der Waals surface area contributed by atoms with E-state index in [1.807, 2.05) is 4.57 Å².